The minimum absolute atomic E-state index is 0.165. The molecule has 0 aliphatic carbocycles. The maximum absolute atomic E-state index is 12.5. The van der Waals surface area contributed by atoms with Gasteiger partial charge in [-0.15, -0.1) is 0 Å². The van der Waals surface area contributed by atoms with E-state index in [0.29, 0.717) is 6.04 Å². The molecule has 0 radical (unpaired) electrons. The summed E-state index contributed by atoms with van der Waals surface area (Å²) in [7, 11) is 0. The van der Waals surface area contributed by atoms with Gasteiger partial charge in [0.1, 0.15) is 0 Å². The summed E-state index contributed by atoms with van der Waals surface area (Å²) in [5, 5.41) is 3.32. The summed E-state index contributed by atoms with van der Waals surface area (Å²) in [5.74, 6) is 0. The van der Waals surface area contributed by atoms with Crippen LogP contribution < -0.4 is 10.2 Å². The molecule has 1 aromatic carbocycles. The van der Waals surface area contributed by atoms with Gasteiger partial charge in [-0.2, -0.15) is 0 Å². The van der Waals surface area contributed by atoms with Gasteiger partial charge < -0.3 is 10.2 Å². The van der Waals surface area contributed by atoms with Gasteiger partial charge in [-0.3, -0.25) is 4.90 Å². The Labute approximate surface area is 108 Å². The molecule has 96 valence electrons. The normalized spacial score (nSPS) is 24.1. The van der Waals surface area contributed by atoms with Crippen LogP contribution in [0.1, 0.15) is 12.0 Å². The number of anilines is 1. The third-order valence-electron chi connectivity index (χ3n) is 3.92. The SMILES string of the molecule is Cc1ccccc1N1CCN(C2CCNC2)C1=O. The minimum atomic E-state index is 0.165. The molecule has 1 N–H and O–H groups in total. The molecular formula is C14H19N3O. The summed E-state index contributed by atoms with van der Waals surface area (Å²) in [4.78, 5) is 16.4. The molecule has 2 aliphatic rings. The lowest BCUT2D eigenvalue weighted by molar-refractivity contribution is 0.205. The molecule has 4 nitrogen and oxygen atoms in total. The Balaban J connectivity index is 1.80. The fraction of sp³-hybridized carbons (Fsp3) is 0.500. The molecule has 0 saturated carbocycles. The smallest absolute Gasteiger partial charge is 0.318 e. The first-order chi connectivity index (χ1) is 8.77. The number of nitrogens with zero attached hydrogens (tertiary/aromatic N) is 2. The summed E-state index contributed by atoms with van der Waals surface area (Å²) in [5.41, 5.74) is 2.22. The average molecular weight is 245 g/mol. The molecule has 2 heterocycles. The Morgan fingerprint density at radius 1 is 1.28 bits per heavy atom. The van der Waals surface area contributed by atoms with Crippen LogP contribution in [0, 0.1) is 6.92 Å². The van der Waals surface area contributed by atoms with Crippen molar-refractivity contribution in [2.24, 2.45) is 0 Å². The second-order valence-corrected chi connectivity index (χ2v) is 5.06. The number of aryl methyl sites for hydroxylation is 1. The van der Waals surface area contributed by atoms with Crippen molar-refractivity contribution in [1.82, 2.24) is 10.2 Å². The zero-order valence-corrected chi connectivity index (χ0v) is 10.7. The first kappa shape index (κ1) is 11.5. The van der Waals surface area contributed by atoms with Gasteiger partial charge in [-0.1, -0.05) is 18.2 Å². The van der Waals surface area contributed by atoms with E-state index in [1.54, 1.807) is 0 Å². The fourth-order valence-electron chi connectivity index (χ4n) is 2.89. The molecule has 0 aromatic heterocycles. The first-order valence-corrected chi connectivity index (χ1v) is 6.62. The fourth-order valence-corrected chi connectivity index (χ4v) is 2.89. The Bertz CT molecular complexity index is 454. The number of para-hydroxylation sites is 1. The monoisotopic (exact) mass is 245 g/mol. The third-order valence-corrected chi connectivity index (χ3v) is 3.92. The van der Waals surface area contributed by atoms with Gasteiger partial charge in [0.25, 0.3) is 0 Å². The van der Waals surface area contributed by atoms with Crippen molar-refractivity contribution in [3.63, 3.8) is 0 Å². The minimum Gasteiger partial charge on any atom is -0.318 e. The Kier molecular flexibility index (Phi) is 2.96. The van der Waals surface area contributed by atoms with E-state index < -0.39 is 0 Å². The highest BCUT2D eigenvalue weighted by molar-refractivity contribution is 5.95. The van der Waals surface area contributed by atoms with Gasteiger partial charge in [-0.05, 0) is 31.5 Å². The van der Waals surface area contributed by atoms with E-state index in [4.69, 9.17) is 0 Å². The maximum Gasteiger partial charge on any atom is 0.324 e. The molecular weight excluding hydrogens is 226 g/mol. The standard InChI is InChI=1S/C14H19N3O/c1-11-4-2-3-5-13(11)17-9-8-16(14(17)18)12-6-7-15-10-12/h2-5,12,15H,6-10H2,1H3. The van der Waals surface area contributed by atoms with Crippen molar-refractivity contribution in [2.45, 2.75) is 19.4 Å². The molecule has 1 unspecified atom stereocenters. The van der Waals surface area contributed by atoms with Gasteiger partial charge in [0.15, 0.2) is 0 Å². The van der Waals surface area contributed by atoms with E-state index in [0.717, 1.165) is 43.9 Å². The van der Waals surface area contributed by atoms with Gasteiger partial charge in [-0.25, -0.2) is 4.79 Å². The van der Waals surface area contributed by atoms with E-state index in [2.05, 4.69) is 18.3 Å². The number of carbonyl (C=O) groups is 1. The zero-order chi connectivity index (χ0) is 12.5. The lowest BCUT2D eigenvalue weighted by Crippen LogP contribution is -2.40. The van der Waals surface area contributed by atoms with Gasteiger partial charge in [0, 0.05) is 31.4 Å². The van der Waals surface area contributed by atoms with Crippen LogP contribution in [0.2, 0.25) is 0 Å². The van der Waals surface area contributed by atoms with Crippen molar-refractivity contribution in [2.75, 3.05) is 31.1 Å². The summed E-state index contributed by atoms with van der Waals surface area (Å²) >= 11 is 0. The largest absolute Gasteiger partial charge is 0.324 e. The van der Waals surface area contributed by atoms with Crippen LogP contribution in [-0.2, 0) is 0 Å². The van der Waals surface area contributed by atoms with Crippen molar-refractivity contribution < 1.29 is 4.79 Å². The van der Waals surface area contributed by atoms with Crippen LogP contribution in [0.5, 0.6) is 0 Å². The number of hydrogen-bond acceptors (Lipinski definition) is 2. The highest BCUT2D eigenvalue weighted by atomic mass is 16.2. The lowest BCUT2D eigenvalue weighted by Gasteiger charge is -2.24. The topological polar surface area (TPSA) is 35.6 Å². The number of urea groups is 1. The number of nitrogens with one attached hydrogen (secondary N) is 1. The van der Waals surface area contributed by atoms with E-state index in [-0.39, 0.29) is 6.03 Å². The highest BCUT2D eigenvalue weighted by Gasteiger charge is 2.35. The molecule has 1 aromatic rings. The number of amides is 2. The van der Waals surface area contributed by atoms with Crippen molar-refractivity contribution in [3.05, 3.63) is 29.8 Å². The molecule has 18 heavy (non-hydrogen) atoms. The van der Waals surface area contributed by atoms with Gasteiger partial charge in [0.2, 0.25) is 0 Å². The van der Waals surface area contributed by atoms with Crippen LogP contribution in [0.15, 0.2) is 24.3 Å². The first-order valence-electron chi connectivity index (χ1n) is 6.62. The number of rotatable bonds is 2. The molecule has 3 rings (SSSR count). The summed E-state index contributed by atoms with van der Waals surface area (Å²) in [6.45, 7) is 5.67. The third kappa shape index (κ3) is 1.86. The Hall–Kier alpha value is -1.55. The Morgan fingerprint density at radius 2 is 2.11 bits per heavy atom. The van der Waals surface area contributed by atoms with E-state index in [1.165, 1.54) is 0 Å². The maximum atomic E-state index is 12.5. The van der Waals surface area contributed by atoms with Crippen LogP contribution in [0.3, 0.4) is 0 Å². The van der Waals surface area contributed by atoms with Crippen molar-refractivity contribution in [1.29, 1.82) is 0 Å². The molecule has 1 atom stereocenters. The quantitative estimate of drug-likeness (QED) is 0.859. The van der Waals surface area contributed by atoms with Gasteiger partial charge in [0.05, 0.1) is 0 Å². The van der Waals surface area contributed by atoms with E-state index >= 15 is 0 Å². The molecule has 2 fully saturated rings. The number of hydrogen-bond donors (Lipinski definition) is 1. The molecule has 0 spiro atoms. The number of carbonyl (C=O) groups excluding carboxylic acids is 1. The predicted molar refractivity (Wildman–Crippen MR) is 71.9 cm³/mol. The van der Waals surface area contributed by atoms with Crippen LogP contribution in [0.25, 0.3) is 0 Å². The predicted octanol–water partition coefficient (Wildman–Crippen LogP) is 1.60. The summed E-state index contributed by atoms with van der Waals surface area (Å²) < 4.78 is 0. The lowest BCUT2D eigenvalue weighted by atomic mass is 10.2. The summed E-state index contributed by atoms with van der Waals surface area (Å²) in [6, 6.07) is 8.64. The van der Waals surface area contributed by atoms with Crippen molar-refractivity contribution in [3.8, 4) is 0 Å². The second kappa shape index (κ2) is 4.61. The molecule has 4 heteroatoms. The highest BCUT2D eigenvalue weighted by Crippen LogP contribution is 2.25. The van der Waals surface area contributed by atoms with E-state index in [1.807, 2.05) is 28.0 Å². The van der Waals surface area contributed by atoms with Gasteiger partial charge >= 0.3 is 6.03 Å². The molecule has 0 bridgehead atoms. The Morgan fingerprint density at radius 3 is 2.83 bits per heavy atom. The second-order valence-electron chi connectivity index (χ2n) is 5.06. The van der Waals surface area contributed by atoms with Crippen LogP contribution >= 0.6 is 0 Å². The van der Waals surface area contributed by atoms with Crippen LogP contribution in [0.4, 0.5) is 10.5 Å². The molecule has 2 aliphatic heterocycles. The molecule has 2 amide bonds. The van der Waals surface area contributed by atoms with Crippen LogP contribution in [-0.4, -0.2) is 43.2 Å². The summed E-state index contributed by atoms with van der Waals surface area (Å²) in [6.07, 6.45) is 1.08. The zero-order valence-electron chi connectivity index (χ0n) is 10.7. The molecule has 2 saturated heterocycles. The number of benzene rings is 1. The van der Waals surface area contributed by atoms with Crippen molar-refractivity contribution >= 4 is 11.7 Å². The van der Waals surface area contributed by atoms with E-state index in [9.17, 15) is 4.79 Å². The average Bonchev–Trinajstić information content (AvgIpc) is 2.99.